The molecule has 2 aliphatic rings. The molecule has 2 amide bonds. The van der Waals surface area contributed by atoms with E-state index in [1.165, 1.54) is 0 Å². The quantitative estimate of drug-likeness (QED) is 0.782. The Morgan fingerprint density at radius 1 is 1.43 bits per heavy atom. The van der Waals surface area contributed by atoms with Crippen LogP contribution in [0.15, 0.2) is 18.2 Å². The van der Waals surface area contributed by atoms with Crippen LogP contribution < -0.4 is 21.1 Å². The van der Waals surface area contributed by atoms with E-state index in [4.69, 9.17) is 10.5 Å². The van der Waals surface area contributed by atoms with E-state index in [1.807, 2.05) is 0 Å². The lowest BCUT2D eigenvalue weighted by Crippen LogP contribution is -2.30. The maximum atomic E-state index is 12.3. The molecule has 1 heterocycles. The number of rotatable bonds is 3. The third kappa shape index (κ3) is 2.85. The van der Waals surface area contributed by atoms with E-state index in [-0.39, 0.29) is 30.3 Å². The molecule has 112 valence electrons. The Kier molecular flexibility index (Phi) is 3.79. The fourth-order valence-electron chi connectivity index (χ4n) is 3.05. The maximum Gasteiger partial charge on any atom is 0.262 e. The third-order valence-electron chi connectivity index (χ3n) is 4.18. The second-order valence-electron chi connectivity index (χ2n) is 5.57. The van der Waals surface area contributed by atoms with E-state index in [9.17, 15) is 9.59 Å². The van der Waals surface area contributed by atoms with Crippen molar-refractivity contribution in [3.05, 3.63) is 18.2 Å². The molecule has 1 fully saturated rings. The monoisotopic (exact) mass is 289 g/mol. The van der Waals surface area contributed by atoms with E-state index >= 15 is 0 Å². The molecule has 6 nitrogen and oxygen atoms in total. The van der Waals surface area contributed by atoms with Gasteiger partial charge in [0.25, 0.3) is 5.91 Å². The molecular formula is C15H19N3O3. The summed E-state index contributed by atoms with van der Waals surface area (Å²) in [6.45, 7) is 0.555. The fourth-order valence-corrected chi connectivity index (χ4v) is 3.05. The van der Waals surface area contributed by atoms with Gasteiger partial charge in [0.05, 0.1) is 5.69 Å². The SMILES string of the molecule is NC[C@H]1CCC[C@H]1C(=O)Nc1ccc2c(c1)OCC(=O)N2. The highest BCUT2D eigenvalue weighted by atomic mass is 16.5. The second kappa shape index (κ2) is 5.73. The lowest BCUT2D eigenvalue weighted by atomic mass is 9.95. The number of carbonyl (C=O) groups excluding carboxylic acids is 2. The van der Waals surface area contributed by atoms with Gasteiger partial charge in [-0.25, -0.2) is 0 Å². The summed E-state index contributed by atoms with van der Waals surface area (Å²) in [6, 6.07) is 5.23. The van der Waals surface area contributed by atoms with Crippen LogP contribution in [0.5, 0.6) is 5.75 Å². The van der Waals surface area contributed by atoms with Crippen LogP contribution in [0.25, 0.3) is 0 Å². The molecule has 0 bridgehead atoms. The molecule has 0 radical (unpaired) electrons. The second-order valence-corrected chi connectivity index (χ2v) is 5.57. The highest BCUT2D eigenvalue weighted by Gasteiger charge is 2.32. The van der Waals surface area contributed by atoms with Crippen molar-refractivity contribution < 1.29 is 14.3 Å². The van der Waals surface area contributed by atoms with Crippen LogP contribution >= 0.6 is 0 Å². The summed E-state index contributed by atoms with van der Waals surface area (Å²) < 4.78 is 5.34. The number of fused-ring (bicyclic) bond motifs is 1. The molecule has 0 unspecified atom stereocenters. The highest BCUT2D eigenvalue weighted by Crippen LogP contribution is 2.34. The Balaban J connectivity index is 1.70. The van der Waals surface area contributed by atoms with Crippen molar-refractivity contribution in [1.82, 2.24) is 0 Å². The van der Waals surface area contributed by atoms with Crippen molar-refractivity contribution in [2.75, 3.05) is 23.8 Å². The average Bonchev–Trinajstić information content (AvgIpc) is 2.96. The number of nitrogens with two attached hydrogens (primary N) is 1. The Bertz CT molecular complexity index is 573. The number of amides is 2. The van der Waals surface area contributed by atoms with Gasteiger partial charge in [-0.05, 0) is 37.4 Å². The first-order valence-corrected chi connectivity index (χ1v) is 7.25. The van der Waals surface area contributed by atoms with Crippen LogP contribution in [0, 0.1) is 11.8 Å². The third-order valence-corrected chi connectivity index (χ3v) is 4.18. The molecule has 4 N–H and O–H groups in total. The number of hydrogen-bond donors (Lipinski definition) is 3. The molecule has 0 saturated heterocycles. The van der Waals surface area contributed by atoms with Gasteiger partial charge in [-0.1, -0.05) is 6.42 Å². The fraction of sp³-hybridized carbons (Fsp3) is 0.467. The van der Waals surface area contributed by atoms with Crippen molar-refractivity contribution in [3.8, 4) is 5.75 Å². The Morgan fingerprint density at radius 3 is 3.10 bits per heavy atom. The summed E-state index contributed by atoms with van der Waals surface area (Å²) in [6.07, 6.45) is 2.97. The number of ether oxygens (including phenoxy) is 1. The van der Waals surface area contributed by atoms with Crippen LogP contribution in [0.2, 0.25) is 0 Å². The smallest absolute Gasteiger partial charge is 0.262 e. The number of anilines is 2. The Labute approximate surface area is 123 Å². The largest absolute Gasteiger partial charge is 0.482 e. The minimum absolute atomic E-state index is 0.00225. The summed E-state index contributed by atoms with van der Waals surface area (Å²) in [4.78, 5) is 23.5. The predicted octanol–water partition coefficient (Wildman–Crippen LogP) is 1.33. The van der Waals surface area contributed by atoms with Gasteiger partial charge in [0.1, 0.15) is 5.75 Å². The normalized spacial score (nSPS) is 24.0. The molecule has 6 heteroatoms. The van der Waals surface area contributed by atoms with Crippen LogP contribution in [-0.4, -0.2) is 25.0 Å². The Morgan fingerprint density at radius 2 is 2.29 bits per heavy atom. The van der Waals surface area contributed by atoms with E-state index in [2.05, 4.69) is 10.6 Å². The van der Waals surface area contributed by atoms with Crippen molar-refractivity contribution in [2.24, 2.45) is 17.6 Å². The van der Waals surface area contributed by atoms with Gasteiger partial charge in [-0.3, -0.25) is 9.59 Å². The van der Waals surface area contributed by atoms with E-state index in [0.717, 1.165) is 19.3 Å². The lowest BCUT2D eigenvalue weighted by molar-refractivity contribution is -0.121. The first-order valence-electron chi connectivity index (χ1n) is 7.25. The first kappa shape index (κ1) is 13.9. The number of nitrogens with one attached hydrogen (secondary N) is 2. The molecule has 3 rings (SSSR count). The highest BCUT2D eigenvalue weighted by molar-refractivity contribution is 5.97. The van der Waals surface area contributed by atoms with Crippen LogP contribution in [-0.2, 0) is 9.59 Å². The standard InChI is InChI=1S/C15H19N3O3/c16-7-9-2-1-3-11(9)15(20)17-10-4-5-12-13(6-10)21-8-14(19)18-12/h4-6,9,11H,1-3,7-8,16H2,(H,17,20)(H,18,19)/t9-,11-/m1/s1. The van der Waals surface area contributed by atoms with Gasteiger partial charge in [0, 0.05) is 17.7 Å². The zero-order valence-electron chi connectivity index (χ0n) is 11.7. The van der Waals surface area contributed by atoms with Gasteiger partial charge >= 0.3 is 0 Å². The lowest BCUT2D eigenvalue weighted by Gasteiger charge is -2.20. The van der Waals surface area contributed by atoms with E-state index in [0.29, 0.717) is 23.7 Å². The summed E-state index contributed by atoms with van der Waals surface area (Å²) in [5.41, 5.74) is 7.03. The van der Waals surface area contributed by atoms with Gasteiger partial charge < -0.3 is 21.1 Å². The zero-order valence-corrected chi connectivity index (χ0v) is 11.7. The summed E-state index contributed by atoms with van der Waals surface area (Å²) in [7, 11) is 0. The molecule has 1 aromatic carbocycles. The minimum atomic E-state index is -0.170. The van der Waals surface area contributed by atoms with Gasteiger partial charge in [0.2, 0.25) is 5.91 Å². The average molecular weight is 289 g/mol. The molecule has 1 aromatic rings. The summed E-state index contributed by atoms with van der Waals surface area (Å²) in [5, 5.41) is 5.64. The van der Waals surface area contributed by atoms with Gasteiger partial charge in [-0.2, -0.15) is 0 Å². The maximum absolute atomic E-state index is 12.3. The predicted molar refractivity (Wildman–Crippen MR) is 79.1 cm³/mol. The Hall–Kier alpha value is -2.08. The molecular weight excluding hydrogens is 270 g/mol. The molecule has 1 saturated carbocycles. The number of hydrogen-bond acceptors (Lipinski definition) is 4. The van der Waals surface area contributed by atoms with Gasteiger partial charge in [0.15, 0.2) is 6.61 Å². The van der Waals surface area contributed by atoms with Crippen molar-refractivity contribution in [2.45, 2.75) is 19.3 Å². The van der Waals surface area contributed by atoms with Gasteiger partial charge in [-0.15, -0.1) is 0 Å². The number of benzene rings is 1. The van der Waals surface area contributed by atoms with E-state index in [1.54, 1.807) is 18.2 Å². The first-order chi connectivity index (χ1) is 10.2. The van der Waals surface area contributed by atoms with Crippen LogP contribution in [0.4, 0.5) is 11.4 Å². The topological polar surface area (TPSA) is 93.5 Å². The number of carbonyl (C=O) groups is 2. The summed E-state index contributed by atoms with van der Waals surface area (Å²) in [5.74, 6) is 0.692. The zero-order chi connectivity index (χ0) is 14.8. The van der Waals surface area contributed by atoms with Crippen molar-refractivity contribution in [3.63, 3.8) is 0 Å². The molecule has 2 atom stereocenters. The van der Waals surface area contributed by atoms with Crippen LogP contribution in [0.3, 0.4) is 0 Å². The van der Waals surface area contributed by atoms with Crippen molar-refractivity contribution in [1.29, 1.82) is 0 Å². The molecule has 0 aromatic heterocycles. The van der Waals surface area contributed by atoms with E-state index < -0.39 is 0 Å². The minimum Gasteiger partial charge on any atom is -0.482 e. The molecule has 1 aliphatic heterocycles. The molecule has 1 aliphatic carbocycles. The summed E-state index contributed by atoms with van der Waals surface area (Å²) >= 11 is 0. The van der Waals surface area contributed by atoms with Crippen molar-refractivity contribution >= 4 is 23.2 Å². The van der Waals surface area contributed by atoms with Crippen LogP contribution in [0.1, 0.15) is 19.3 Å². The molecule has 0 spiro atoms. The molecule has 21 heavy (non-hydrogen) atoms.